The molecule has 0 saturated heterocycles. The average Bonchev–Trinajstić information content (AvgIpc) is 2.80. The van der Waals surface area contributed by atoms with Gasteiger partial charge in [-0.3, -0.25) is 14.2 Å². The Balaban J connectivity index is 2.43. The summed E-state index contributed by atoms with van der Waals surface area (Å²) in [7, 11) is 0. The first kappa shape index (κ1) is 12.3. The number of fused-ring (bicyclic) bond motifs is 3. The summed E-state index contributed by atoms with van der Waals surface area (Å²) in [6.45, 7) is 1.29. The van der Waals surface area contributed by atoms with Gasteiger partial charge in [-0.15, -0.1) is 0 Å². The maximum absolute atomic E-state index is 12.1. The van der Waals surface area contributed by atoms with Crippen molar-refractivity contribution in [1.29, 1.82) is 0 Å². The van der Waals surface area contributed by atoms with E-state index in [1.807, 2.05) is 0 Å². The van der Waals surface area contributed by atoms with Crippen LogP contribution < -0.4 is 4.74 Å². The number of allylic oxidation sites excluding steroid dienone is 1. The van der Waals surface area contributed by atoms with Crippen molar-refractivity contribution in [3.8, 4) is 5.75 Å². The molecule has 0 amide bonds. The minimum atomic E-state index is -0.487. The van der Waals surface area contributed by atoms with E-state index >= 15 is 0 Å². The van der Waals surface area contributed by atoms with Crippen molar-refractivity contribution in [2.75, 3.05) is 0 Å². The first-order chi connectivity index (χ1) is 9.02. The monoisotopic (exact) mass is 295 g/mol. The van der Waals surface area contributed by atoms with Crippen LogP contribution in [0.25, 0.3) is 15.9 Å². The molecular formula is C13H7Cl2NO3. The SMILES string of the molecule is CC(=O)Oc1c2n(c3ccccc13)C(=O)C(Cl)=C2Cl. The fourth-order valence-corrected chi connectivity index (χ4v) is 2.59. The maximum Gasteiger partial charge on any atom is 0.308 e. The Hall–Kier alpha value is -1.78. The number of aromatic nitrogens is 1. The number of hydrogen-bond acceptors (Lipinski definition) is 3. The summed E-state index contributed by atoms with van der Waals surface area (Å²) in [5.41, 5.74) is 0.931. The van der Waals surface area contributed by atoms with Crippen molar-refractivity contribution >= 4 is 51.0 Å². The van der Waals surface area contributed by atoms with Gasteiger partial charge in [0.2, 0.25) is 0 Å². The molecule has 6 heteroatoms. The number of para-hydroxylation sites is 1. The van der Waals surface area contributed by atoms with E-state index < -0.39 is 11.9 Å². The largest absolute Gasteiger partial charge is 0.424 e. The summed E-state index contributed by atoms with van der Waals surface area (Å²) in [4.78, 5) is 23.3. The number of carbonyl (C=O) groups is 2. The van der Waals surface area contributed by atoms with Crippen LogP contribution in [0.2, 0.25) is 0 Å². The van der Waals surface area contributed by atoms with Crippen LogP contribution in [0.15, 0.2) is 29.3 Å². The number of hydrogen-bond donors (Lipinski definition) is 0. The smallest absolute Gasteiger partial charge is 0.308 e. The minimum absolute atomic E-state index is 0.0733. The Morgan fingerprint density at radius 3 is 2.58 bits per heavy atom. The second kappa shape index (κ2) is 4.11. The minimum Gasteiger partial charge on any atom is -0.424 e. The van der Waals surface area contributed by atoms with Gasteiger partial charge in [-0.05, 0) is 12.1 Å². The predicted molar refractivity (Wildman–Crippen MR) is 72.5 cm³/mol. The van der Waals surface area contributed by atoms with Gasteiger partial charge in [0.05, 0.1) is 10.5 Å². The highest BCUT2D eigenvalue weighted by atomic mass is 35.5. The third-order valence-corrected chi connectivity index (χ3v) is 3.68. The highest BCUT2D eigenvalue weighted by Crippen LogP contribution is 2.45. The average molecular weight is 296 g/mol. The number of benzene rings is 1. The molecule has 4 nitrogen and oxygen atoms in total. The number of ether oxygens (including phenoxy) is 1. The Kier molecular flexibility index (Phi) is 2.66. The first-order valence-corrected chi connectivity index (χ1v) is 6.20. The molecule has 2 aromatic rings. The van der Waals surface area contributed by atoms with E-state index in [0.717, 1.165) is 0 Å². The molecule has 3 rings (SSSR count). The summed E-state index contributed by atoms with van der Waals surface area (Å²) in [6.07, 6.45) is 0. The molecule has 0 bridgehead atoms. The van der Waals surface area contributed by atoms with E-state index in [2.05, 4.69) is 0 Å². The Bertz CT molecular complexity index is 774. The van der Waals surface area contributed by atoms with Crippen LogP contribution in [-0.2, 0) is 4.79 Å². The van der Waals surface area contributed by atoms with Gasteiger partial charge in [0.1, 0.15) is 10.7 Å². The number of carbonyl (C=O) groups excluding carboxylic acids is 2. The highest BCUT2D eigenvalue weighted by Gasteiger charge is 2.34. The zero-order valence-electron chi connectivity index (χ0n) is 9.74. The fourth-order valence-electron chi connectivity index (χ4n) is 2.16. The molecule has 0 radical (unpaired) electrons. The fraction of sp³-hybridized carbons (Fsp3) is 0.0769. The molecule has 0 N–H and O–H groups in total. The van der Waals surface area contributed by atoms with Crippen LogP contribution in [0.1, 0.15) is 17.4 Å². The molecule has 96 valence electrons. The number of nitrogens with zero attached hydrogens (tertiary/aromatic N) is 1. The molecule has 0 fully saturated rings. The summed E-state index contributed by atoms with van der Waals surface area (Å²) in [5, 5.41) is 0.665. The van der Waals surface area contributed by atoms with Crippen molar-refractivity contribution in [3.05, 3.63) is 35.0 Å². The Labute approximate surface area is 118 Å². The second-order valence-electron chi connectivity index (χ2n) is 4.06. The van der Waals surface area contributed by atoms with E-state index in [0.29, 0.717) is 16.6 Å². The molecule has 2 heterocycles. The molecule has 0 saturated carbocycles. The van der Waals surface area contributed by atoms with Gasteiger partial charge in [0.15, 0.2) is 5.75 Å². The molecule has 0 atom stereocenters. The summed E-state index contributed by atoms with van der Waals surface area (Å²) >= 11 is 11.9. The Morgan fingerprint density at radius 1 is 1.21 bits per heavy atom. The predicted octanol–water partition coefficient (Wildman–Crippen LogP) is 3.37. The highest BCUT2D eigenvalue weighted by molar-refractivity contribution is 6.62. The van der Waals surface area contributed by atoms with E-state index in [-0.39, 0.29) is 15.8 Å². The lowest BCUT2D eigenvalue weighted by molar-refractivity contribution is -0.131. The summed E-state index contributed by atoms with van der Waals surface area (Å²) in [6, 6.07) is 7.06. The topological polar surface area (TPSA) is 48.3 Å². The van der Waals surface area contributed by atoms with Crippen molar-refractivity contribution in [1.82, 2.24) is 4.57 Å². The summed E-state index contributed by atoms with van der Waals surface area (Å²) < 4.78 is 6.55. The number of halogens is 2. The first-order valence-electron chi connectivity index (χ1n) is 5.44. The lowest BCUT2D eigenvalue weighted by Crippen LogP contribution is -2.06. The molecular weight excluding hydrogens is 289 g/mol. The third-order valence-electron chi connectivity index (χ3n) is 2.87. The molecule has 0 unspecified atom stereocenters. The quantitative estimate of drug-likeness (QED) is 0.758. The van der Waals surface area contributed by atoms with Crippen LogP contribution in [0.5, 0.6) is 5.75 Å². The molecule has 1 aromatic carbocycles. The molecule has 19 heavy (non-hydrogen) atoms. The second-order valence-corrected chi connectivity index (χ2v) is 4.81. The van der Waals surface area contributed by atoms with Gasteiger partial charge >= 0.3 is 5.97 Å². The van der Waals surface area contributed by atoms with Crippen LogP contribution >= 0.6 is 23.2 Å². The van der Waals surface area contributed by atoms with Crippen molar-refractivity contribution in [2.45, 2.75) is 6.92 Å². The van der Waals surface area contributed by atoms with Gasteiger partial charge in [0, 0.05) is 12.3 Å². The van der Waals surface area contributed by atoms with Crippen LogP contribution in [-0.4, -0.2) is 16.4 Å². The molecule has 0 spiro atoms. The van der Waals surface area contributed by atoms with Crippen LogP contribution in [0.4, 0.5) is 0 Å². The standard InChI is InChI=1S/C13H7Cl2NO3/c1-6(17)19-12-7-4-2-3-5-8(7)16-11(12)9(14)10(15)13(16)18/h2-5H,1H3. The third kappa shape index (κ3) is 1.60. The van der Waals surface area contributed by atoms with Gasteiger partial charge in [-0.2, -0.15) is 0 Å². The molecule has 1 aliphatic heterocycles. The molecule has 0 aliphatic carbocycles. The lowest BCUT2D eigenvalue weighted by Gasteiger charge is -2.01. The van der Waals surface area contributed by atoms with Crippen molar-refractivity contribution < 1.29 is 14.3 Å². The maximum atomic E-state index is 12.1. The van der Waals surface area contributed by atoms with E-state index in [9.17, 15) is 9.59 Å². The van der Waals surface area contributed by atoms with E-state index in [4.69, 9.17) is 27.9 Å². The lowest BCUT2D eigenvalue weighted by atomic mass is 10.2. The van der Waals surface area contributed by atoms with Gasteiger partial charge in [0.25, 0.3) is 5.91 Å². The normalized spacial score (nSPS) is 14.2. The molecule has 1 aromatic heterocycles. The summed E-state index contributed by atoms with van der Waals surface area (Å²) in [5.74, 6) is -0.646. The number of rotatable bonds is 1. The number of esters is 1. The zero-order valence-corrected chi connectivity index (χ0v) is 11.2. The van der Waals surface area contributed by atoms with Crippen LogP contribution in [0, 0.1) is 0 Å². The van der Waals surface area contributed by atoms with E-state index in [1.54, 1.807) is 24.3 Å². The van der Waals surface area contributed by atoms with Gasteiger partial charge in [-0.25, -0.2) is 0 Å². The van der Waals surface area contributed by atoms with Crippen LogP contribution in [0.3, 0.4) is 0 Å². The van der Waals surface area contributed by atoms with Crippen molar-refractivity contribution in [3.63, 3.8) is 0 Å². The van der Waals surface area contributed by atoms with Crippen molar-refractivity contribution in [2.24, 2.45) is 0 Å². The van der Waals surface area contributed by atoms with Gasteiger partial charge < -0.3 is 4.74 Å². The molecule has 1 aliphatic rings. The van der Waals surface area contributed by atoms with E-state index in [1.165, 1.54) is 11.5 Å². The van der Waals surface area contributed by atoms with Gasteiger partial charge in [-0.1, -0.05) is 35.3 Å². The Morgan fingerprint density at radius 2 is 1.89 bits per heavy atom. The zero-order chi connectivity index (χ0) is 13.7.